The minimum absolute atomic E-state index is 0.274. The number of rotatable bonds is 3. The average Bonchev–Trinajstić information content (AvgIpc) is 2.07. The lowest BCUT2D eigenvalue weighted by Crippen LogP contribution is -2.30. The molecule has 3 heteroatoms. The van der Waals surface area contributed by atoms with Crippen molar-refractivity contribution in [3.63, 3.8) is 0 Å². The number of nitrogens with zero attached hydrogens (tertiary/aromatic N) is 1. The first kappa shape index (κ1) is 13.1. The minimum atomic E-state index is -0.401. The first-order valence-electron chi connectivity index (χ1n) is 3.93. The molecule has 0 heterocycles. The predicted octanol–water partition coefficient (Wildman–Crippen LogP) is 2.08. The van der Waals surface area contributed by atoms with Crippen molar-refractivity contribution in [3.8, 4) is 0 Å². The van der Waals surface area contributed by atoms with Gasteiger partial charge in [-0.2, -0.15) is 0 Å². The monoisotopic (exact) mass is 162 g/mol. The molecule has 0 atom stereocenters. The zero-order valence-electron chi connectivity index (χ0n) is 7.89. The van der Waals surface area contributed by atoms with Gasteiger partial charge in [0, 0.05) is 5.70 Å². The fraction of sp³-hybridized carbons (Fsp3) is 0.750. The minimum Gasteiger partial charge on any atom is -0.313 e. The van der Waals surface area contributed by atoms with Gasteiger partial charge in [-0.05, 0) is 13.8 Å². The van der Waals surface area contributed by atoms with E-state index in [-0.39, 0.29) is 6.54 Å². The lowest BCUT2D eigenvalue weighted by Gasteiger charge is -2.16. The number of allylic oxidation sites excluding steroid dienone is 2. The van der Waals surface area contributed by atoms with Crippen LogP contribution in [-0.2, 0) is 0 Å². The second-order valence-electron chi connectivity index (χ2n) is 1.81. The van der Waals surface area contributed by atoms with Crippen molar-refractivity contribution < 1.29 is 4.39 Å². The normalized spacial score (nSPS) is 10.2. The van der Waals surface area contributed by atoms with E-state index in [2.05, 4.69) is 0 Å². The Morgan fingerprint density at radius 3 is 2.27 bits per heavy atom. The third kappa shape index (κ3) is 7.33. The van der Waals surface area contributed by atoms with Crippen LogP contribution in [0.15, 0.2) is 11.8 Å². The molecule has 0 aromatic rings. The lowest BCUT2D eigenvalue weighted by molar-refractivity contribution is 0.312. The maximum atomic E-state index is 11.6. The maximum Gasteiger partial charge on any atom is 0.108 e. The summed E-state index contributed by atoms with van der Waals surface area (Å²) in [6.07, 6.45) is 1.84. The van der Waals surface area contributed by atoms with Crippen LogP contribution in [0.25, 0.3) is 0 Å². The van der Waals surface area contributed by atoms with Crippen LogP contribution >= 0.6 is 0 Å². The number of hydrazine groups is 1. The number of nitrogens with two attached hydrogens (primary N) is 1. The standard InChI is InChI=1S/C6H13FN2.C2H6/c1-3-6(2)9(8)5-4-7;1-2/h3H,4-5,8H2,1-2H3;1-2H3/b6-3-;. The summed E-state index contributed by atoms with van der Waals surface area (Å²) in [7, 11) is 0. The average molecular weight is 162 g/mol. The summed E-state index contributed by atoms with van der Waals surface area (Å²) in [5.74, 6) is 5.36. The highest BCUT2D eigenvalue weighted by Gasteiger charge is 1.95. The van der Waals surface area contributed by atoms with E-state index in [4.69, 9.17) is 5.84 Å². The Morgan fingerprint density at radius 1 is 1.55 bits per heavy atom. The van der Waals surface area contributed by atoms with Gasteiger partial charge in [0.05, 0.1) is 6.54 Å². The molecule has 0 bridgehead atoms. The third-order valence-electron chi connectivity index (χ3n) is 1.20. The molecule has 0 aliphatic rings. The number of hydrogen-bond donors (Lipinski definition) is 1. The van der Waals surface area contributed by atoms with E-state index in [9.17, 15) is 4.39 Å². The number of halogens is 1. The molecule has 2 N–H and O–H groups in total. The molecule has 0 fully saturated rings. The molecule has 0 amide bonds. The van der Waals surface area contributed by atoms with E-state index in [0.29, 0.717) is 0 Å². The first-order valence-corrected chi connectivity index (χ1v) is 3.93. The summed E-state index contributed by atoms with van der Waals surface area (Å²) < 4.78 is 11.6. The highest BCUT2D eigenvalue weighted by atomic mass is 19.1. The quantitative estimate of drug-likeness (QED) is 0.508. The Kier molecular flexibility index (Phi) is 11.2. The molecule has 0 aliphatic heterocycles. The van der Waals surface area contributed by atoms with Crippen LogP contribution in [0.1, 0.15) is 27.7 Å². The van der Waals surface area contributed by atoms with Crippen molar-refractivity contribution in [2.45, 2.75) is 27.7 Å². The van der Waals surface area contributed by atoms with Gasteiger partial charge in [-0.15, -0.1) is 0 Å². The van der Waals surface area contributed by atoms with Gasteiger partial charge in [0.1, 0.15) is 6.67 Å². The molecular formula is C8H19FN2. The van der Waals surface area contributed by atoms with Crippen LogP contribution in [0, 0.1) is 0 Å². The second-order valence-corrected chi connectivity index (χ2v) is 1.81. The van der Waals surface area contributed by atoms with Crippen molar-refractivity contribution in [1.82, 2.24) is 5.01 Å². The first-order chi connectivity index (χ1) is 5.22. The molecule has 0 rings (SSSR count). The summed E-state index contributed by atoms with van der Waals surface area (Å²) in [6, 6.07) is 0. The van der Waals surface area contributed by atoms with Gasteiger partial charge in [-0.25, -0.2) is 10.2 Å². The molecule has 0 spiro atoms. The Morgan fingerprint density at radius 2 is 2.00 bits per heavy atom. The van der Waals surface area contributed by atoms with E-state index in [0.717, 1.165) is 5.70 Å². The van der Waals surface area contributed by atoms with Crippen LogP contribution in [-0.4, -0.2) is 18.2 Å². The SMILES string of the molecule is C/C=C(/C)N(N)CCF.CC. The summed E-state index contributed by atoms with van der Waals surface area (Å²) in [6.45, 7) is 7.58. The van der Waals surface area contributed by atoms with Crippen LogP contribution in [0.4, 0.5) is 4.39 Å². The van der Waals surface area contributed by atoms with Crippen molar-refractivity contribution in [2.24, 2.45) is 5.84 Å². The molecule has 0 aromatic carbocycles. The van der Waals surface area contributed by atoms with Gasteiger partial charge < -0.3 is 5.01 Å². The predicted molar refractivity (Wildman–Crippen MR) is 47.6 cm³/mol. The lowest BCUT2D eigenvalue weighted by atomic mass is 10.4. The van der Waals surface area contributed by atoms with Gasteiger partial charge in [-0.1, -0.05) is 19.9 Å². The molecule has 0 aliphatic carbocycles. The maximum absolute atomic E-state index is 11.6. The highest BCUT2D eigenvalue weighted by Crippen LogP contribution is 1.94. The molecule has 0 saturated carbocycles. The summed E-state index contributed by atoms with van der Waals surface area (Å²) in [5.41, 5.74) is 0.896. The van der Waals surface area contributed by atoms with Crippen LogP contribution in [0.5, 0.6) is 0 Å². The molecule has 11 heavy (non-hydrogen) atoms. The zero-order chi connectivity index (χ0) is 9.28. The van der Waals surface area contributed by atoms with Gasteiger partial charge in [0.15, 0.2) is 0 Å². The van der Waals surface area contributed by atoms with Gasteiger partial charge >= 0.3 is 0 Å². The van der Waals surface area contributed by atoms with E-state index >= 15 is 0 Å². The van der Waals surface area contributed by atoms with Gasteiger partial charge in [0.25, 0.3) is 0 Å². The van der Waals surface area contributed by atoms with Crippen molar-refractivity contribution in [2.75, 3.05) is 13.2 Å². The summed E-state index contributed by atoms with van der Waals surface area (Å²) in [5, 5.41) is 1.39. The molecular weight excluding hydrogens is 143 g/mol. The smallest absolute Gasteiger partial charge is 0.108 e. The Labute approximate surface area is 68.8 Å². The van der Waals surface area contributed by atoms with Crippen LogP contribution in [0.3, 0.4) is 0 Å². The summed E-state index contributed by atoms with van der Waals surface area (Å²) >= 11 is 0. The zero-order valence-corrected chi connectivity index (χ0v) is 7.89. The van der Waals surface area contributed by atoms with Crippen LogP contribution in [0.2, 0.25) is 0 Å². The molecule has 0 saturated heterocycles. The van der Waals surface area contributed by atoms with Crippen molar-refractivity contribution in [1.29, 1.82) is 0 Å². The van der Waals surface area contributed by atoms with Crippen LogP contribution < -0.4 is 5.84 Å². The molecule has 0 unspecified atom stereocenters. The molecule has 0 radical (unpaired) electrons. The Bertz CT molecular complexity index is 102. The third-order valence-corrected chi connectivity index (χ3v) is 1.20. The number of hydrogen-bond acceptors (Lipinski definition) is 2. The highest BCUT2D eigenvalue weighted by molar-refractivity contribution is 4.92. The largest absolute Gasteiger partial charge is 0.313 e. The fourth-order valence-electron chi connectivity index (χ4n) is 0.433. The molecule has 68 valence electrons. The molecule has 2 nitrogen and oxygen atoms in total. The topological polar surface area (TPSA) is 29.3 Å². The summed E-state index contributed by atoms with van der Waals surface area (Å²) in [4.78, 5) is 0. The molecule has 0 aromatic heterocycles. The van der Waals surface area contributed by atoms with E-state index in [1.54, 1.807) is 0 Å². The fourth-order valence-corrected chi connectivity index (χ4v) is 0.433. The Balaban J connectivity index is 0. The van der Waals surface area contributed by atoms with E-state index in [1.165, 1.54) is 5.01 Å². The second kappa shape index (κ2) is 9.43. The van der Waals surface area contributed by atoms with Crippen molar-refractivity contribution in [3.05, 3.63) is 11.8 Å². The van der Waals surface area contributed by atoms with Gasteiger partial charge in [0.2, 0.25) is 0 Å². The van der Waals surface area contributed by atoms with E-state index < -0.39 is 6.67 Å². The number of alkyl halides is 1. The van der Waals surface area contributed by atoms with E-state index in [1.807, 2.05) is 33.8 Å². The van der Waals surface area contributed by atoms with Crippen molar-refractivity contribution >= 4 is 0 Å². The van der Waals surface area contributed by atoms with Gasteiger partial charge in [-0.3, -0.25) is 0 Å². The Hall–Kier alpha value is -0.570.